The van der Waals surface area contributed by atoms with E-state index in [1.807, 2.05) is 0 Å². The highest BCUT2D eigenvalue weighted by Gasteiger charge is 2.40. The first-order chi connectivity index (χ1) is 8.85. The Balaban J connectivity index is 2.32. The summed E-state index contributed by atoms with van der Waals surface area (Å²) in [6.45, 7) is 2.08. The van der Waals surface area contributed by atoms with E-state index in [1.165, 1.54) is 12.1 Å². The molecule has 0 atom stereocenters. The molecule has 1 N–H and O–H groups in total. The van der Waals surface area contributed by atoms with Crippen LogP contribution in [-0.2, 0) is 0 Å². The van der Waals surface area contributed by atoms with Crippen LogP contribution in [0.5, 0.6) is 0 Å². The van der Waals surface area contributed by atoms with Gasteiger partial charge in [-0.1, -0.05) is 18.5 Å². The number of carbonyl (C=O) groups excluding carboxylic acids is 1. The Morgan fingerprint density at radius 1 is 1.47 bits per heavy atom. The molecule has 1 fully saturated rings. The Morgan fingerprint density at radius 3 is 2.63 bits per heavy atom. The molecule has 1 aliphatic carbocycles. The molecule has 0 saturated heterocycles. The van der Waals surface area contributed by atoms with Gasteiger partial charge in [-0.3, -0.25) is 4.79 Å². The quantitative estimate of drug-likeness (QED) is 0.636. The third-order valence-corrected chi connectivity index (χ3v) is 5.06. The van der Waals surface area contributed by atoms with Crippen molar-refractivity contribution in [3.05, 3.63) is 33.0 Å². The van der Waals surface area contributed by atoms with Gasteiger partial charge in [0.05, 0.1) is 10.6 Å². The molecule has 1 aromatic rings. The summed E-state index contributed by atoms with van der Waals surface area (Å²) in [6.07, 6.45) is 2.29. The number of halogens is 3. The highest BCUT2D eigenvalue weighted by molar-refractivity contribution is 9.10. The molecule has 0 aromatic heterocycles. The molecular formula is C14H15BrClFO2. The minimum atomic E-state index is -1.45. The second kappa shape index (κ2) is 5.51. The largest absolute Gasteiger partial charge is 0.382 e. The van der Waals surface area contributed by atoms with Gasteiger partial charge < -0.3 is 5.11 Å². The molecule has 0 radical (unpaired) electrons. The fourth-order valence-electron chi connectivity index (χ4n) is 2.42. The molecule has 0 spiro atoms. The molecule has 104 valence electrons. The normalized spacial score (nSPS) is 27.3. The summed E-state index contributed by atoms with van der Waals surface area (Å²) in [5, 5.41) is 10.3. The summed E-state index contributed by atoms with van der Waals surface area (Å²) < 4.78 is 14.4. The standard InChI is InChI=1S/C14H15BrClFO2/c1-8-4-6-14(19,7-5-8)13(18)9-2-3-10(15)11(16)12(9)17/h2-3,8,19H,4-7H2,1H3. The maximum absolute atomic E-state index is 14.0. The molecule has 0 heterocycles. The fraction of sp³-hybridized carbons (Fsp3) is 0.500. The third-order valence-electron chi connectivity index (χ3n) is 3.80. The van der Waals surface area contributed by atoms with Crippen molar-refractivity contribution in [1.82, 2.24) is 0 Å². The monoisotopic (exact) mass is 348 g/mol. The number of aliphatic hydroxyl groups is 1. The van der Waals surface area contributed by atoms with Crippen molar-refractivity contribution in [1.29, 1.82) is 0 Å². The smallest absolute Gasteiger partial charge is 0.197 e. The van der Waals surface area contributed by atoms with Crippen LogP contribution in [-0.4, -0.2) is 16.5 Å². The van der Waals surface area contributed by atoms with Crippen LogP contribution < -0.4 is 0 Å². The molecule has 0 unspecified atom stereocenters. The molecule has 0 aliphatic heterocycles. The van der Waals surface area contributed by atoms with Crippen molar-refractivity contribution in [2.45, 2.75) is 38.2 Å². The number of ketones is 1. The van der Waals surface area contributed by atoms with Crippen molar-refractivity contribution in [3.8, 4) is 0 Å². The van der Waals surface area contributed by atoms with Crippen LogP contribution in [0.15, 0.2) is 16.6 Å². The van der Waals surface area contributed by atoms with Crippen molar-refractivity contribution in [2.75, 3.05) is 0 Å². The number of hydrogen-bond acceptors (Lipinski definition) is 2. The zero-order chi connectivity index (χ0) is 14.2. The minimum absolute atomic E-state index is 0.126. The Labute approximate surface area is 125 Å². The second-order valence-electron chi connectivity index (χ2n) is 5.27. The van der Waals surface area contributed by atoms with Crippen LogP contribution in [0.1, 0.15) is 43.0 Å². The Bertz CT molecular complexity index is 510. The number of carbonyl (C=O) groups is 1. The zero-order valence-electron chi connectivity index (χ0n) is 10.5. The van der Waals surface area contributed by atoms with E-state index in [0.29, 0.717) is 23.2 Å². The van der Waals surface area contributed by atoms with Crippen molar-refractivity contribution < 1.29 is 14.3 Å². The van der Waals surface area contributed by atoms with Gasteiger partial charge >= 0.3 is 0 Å². The molecule has 0 bridgehead atoms. The predicted molar refractivity (Wildman–Crippen MR) is 76.0 cm³/mol. The first-order valence-electron chi connectivity index (χ1n) is 6.26. The van der Waals surface area contributed by atoms with Crippen LogP contribution in [0.25, 0.3) is 0 Å². The minimum Gasteiger partial charge on any atom is -0.382 e. The van der Waals surface area contributed by atoms with Crippen molar-refractivity contribution in [2.24, 2.45) is 5.92 Å². The van der Waals surface area contributed by atoms with Gasteiger partial charge in [-0.25, -0.2) is 4.39 Å². The average molecular weight is 350 g/mol. The van der Waals surface area contributed by atoms with Crippen LogP contribution in [0.4, 0.5) is 4.39 Å². The summed E-state index contributed by atoms with van der Waals surface area (Å²) in [5.74, 6) is -0.842. The van der Waals surface area contributed by atoms with E-state index in [4.69, 9.17) is 11.6 Å². The predicted octanol–water partition coefficient (Wildman–Crippen LogP) is 4.37. The Kier molecular flexibility index (Phi) is 4.33. The highest BCUT2D eigenvalue weighted by atomic mass is 79.9. The molecule has 2 nitrogen and oxygen atoms in total. The topological polar surface area (TPSA) is 37.3 Å². The Morgan fingerprint density at radius 2 is 2.05 bits per heavy atom. The SMILES string of the molecule is CC1CCC(O)(C(=O)c2ccc(Br)c(Cl)c2F)CC1. The molecule has 5 heteroatoms. The van der Waals surface area contributed by atoms with Gasteiger partial charge in [0.25, 0.3) is 0 Å². The van der Waals surface area contributed by atoms with Crippen LogP contribution in [0.2, 0.25) is 5.02 Å². The van der Waals surface area contributed by atoms with Crippen molar-refractivity contribution >= 4 is 33.3 Å². The van der Waals surface area contributed by atoms with E-state index >= 15 is 0 Å². The lowest BCUT2D eigenvalue weighted by molar-refractivity contribution is 0.00392. The molecule has 1 aliphatic rings. The third kappa shape index (κ3) is 2.86. The first kappa shape index (κ1) is 14.9. The lowest BCUT2D eigenvalue weighted by Crippen LogP contribution is -2.42. The van der Waals surface area contributed by atoms with Gasteiger partial charge in [-0.15, -0.1) is 0 Å². The van der Waals surface area contributed by atoms with Crippen LogP contribution >= 0.6 is 27.5 Å². The number of rotatable bonds is 2. The molecule has 1 aromatic carbocycles. The van der Waals surface area contributed by atoms with E-state index < -0.39 is 17.2 Å². The number of hydrogen-bond donors (Lipinski definition) is 1. The van der Waals surface area contributed by atoms with E-state index in [0.717, 1.165) is 12.8 Å². The number of Topliss-reactive ketones (excluding diaryl/α,β-unsaturated/α-hetero) is 1. The molecular weight excluding hydrogens is 335 g/mol. The molecule has 0 amide bonds. The summed E-state index contributed by atoms with van der Waals surface area (Å²) in [7, 11) is 0. The maximum Gasteiger partial charge on any atom is 0.197 e. The fourth-order valence-corrected chi connectivity index (χ4v) is 2.89. The Hall–Kier alpha value is -0.450. The van der Waals surface area contributed by atoms with Gasteiger partial charge in [0.15, 0.2) is 11.6 Å². The lowest BCUT2D eigenvalue weighted by Gasteiger charge is -2.33. The van der Waals surface area contributed by atoms with Gasteiger partial charge in [0, 0.05) is 4.47 Å². The van der Waals surface area contributed by atoms with E-state index in [-0.39, 0.29) is 10.6 Å². The summed E-state index contributed by atoms with van der Waals surface area (Å²) >= 11 is 8.88. The van der Waals surface area contributed by atoms with Gasteiger partial charge in [-0.05, 0) is 59.7 Å². The highest BCUT2D eigenvalue weighted by Crippen LogP contribution is 2.36. The average Bonchev–Trinajstić information content (AvgIpc) is 2.39. The summed E-state index contributed by atoms with van der Waals surface area (Å²) in [4.78, 5) is 12.3. The lowest BCUT2D eigenvalue weighted by atomic mass is 9.76. The summed E-state index contributed by atoms with van der Waals surface area (Å²) in [6, 6.07) is 2.89. The second-order valence-corrected chi connectivity index (χ2v) is 6.50. The number of benzene rings is 1. The van der Waals surface area contributed by atoms with Crippen LogP contribution in [0.3, 0.4) is 0 Å². The molecule has 1 saturated carbocycles. The zero-order valence-corrected chi connectivity index (χ0v) is 12.9. The van der Waals surface area contributed by atoms with Crippen LogP contribution in [0, 0.1) is 11.7 Å². The van der Waals surface area contributed by atoms with E-state index in [9.17, 15) is 14.3 Å². The first-order valence-corrected chi connectivity index (χ1v) is 7.43. The van der Waals surface area contributed by atoms with Gasteiger partial charge in [0.2, 0.25) is 0 Å². The van der Waals surface area contributed by atoms with Gasteiger partial charge in [-0.2, -0.15) is 0 Å². The van der Waals surface area contributed by atoms with Gasteiger partial charge in [0.1, 0.15) is 5.60 Å². The summed E-state index contributed by atoms with van der Waals surface area (Å²) in [5.41, 5.74) is -1.59. The van der Waals surface area contributed by atoms with E-state index in [2.05, 4.69) is 22.9 Å². The van der Waals surface area contributed by atoms with E-state index in [1.54, 1.807) is 0 Å². The maximum atomic E-state index is 14.0. The molecule has 2 rings (SSSR count). The van der Waals surface area contributed by atoms with Crippen molar-refractivity contribution in [3.63, 3.8) is 0 Å². The molecule has 19 heavy (non-hydrogen) atoms.